The van der Waals surface area contributed by atoms with E-state index in [1.165, 1.54) is 0 Å². The molecule has 2 heterocycles. The summed E-state index contributed by atoms with van der Waals surface area (Å²) in [5.74, 6) is 0.652. The lowest BCUT2D eigenvalue weighted by Crippen LogP contribution is -2.48. The molecule has 106 valence electrons. The summed E-state index contributed by atoms with van der Waals surface area (Å²) in [7, 11) is -2.76. The number of nitrogens with zero attached hydrogens (tertiary/aromatic N) is 1. The van der Waals surface area contributed by atoms with Crippen LogP contribution < -0.4 is 5.32 Å². The van der Waals surface area contributed by atoms with E-state index in [4.69, 9.17) is 4.74 Å². The number of morpholine rings is 1. The molecule has 0 aromatic carbocycles. The predicted molar refractivity (Wildman–Crippen MR) is 71.5 cm³/mol. The molecule has 2 aliphatic heterocycles. The minimum atomic E-state index is -2.76. The highest BCUT2D eigenvalue weighted by molar-refractivity contribution is 7.91. The van der Waals surface area contributed by atoms with Crippen molar-refractivity contribution in [1.29, 1.82) is 0 Å². The second kappa shape index (κ2) is 5.86. The monoisotopic (exact) mass is 276 g/mol. The molecular weight excluding hydrogens is 252 g/mol. The summed E-state index contributed by atoms with van der Waals surface area (Å²) in [6.45, 7) is 7.96. The first-order valence-corrected chi connectivity index (χ1v) is 8.58. The van der Waals surface area contributed by atoms with Crippen molar-refractivity contribution in [3.8, 4) is 0 Å². The van der Waals surface area contributed by atoms with E-state index in [0.717, 1.165) is 32.6 Å². The Balaban J connectivity index is 1.66. The van der Waals surface area contributed by atoms with Gasteiger partial charge in [-0.3, -0.25) is 4.90 Å². The minimum Gasteiger partial charge on any atom is -0.373 e. The maximum absolute atomic E-state index is 11.3. The second-order valence-electron chi connectivity index (χ2n) is 5.57. The molecule has 3 unspecified atom stereocenters. The molecule has 5 nitrogen and oxygen atoms in total. The molecule has 0 radical (unpaired) electrons. The molecule has 6 heteroatoms. The summed E-state index contributed by atoms with van der Waals surface area (Å²) in [5, 5.41) is 3.35. The molecule has 0 aromatic heterocycles. The molecule has 2 aliphatic rings. The Morgan fingerprint density at radius 3 is 2.50 bits per heavy atom. The fourth-order valence-corrected chi connectivity index (χ4v) is 4.56. The van der Waals surface area contributed by atoms with Gasteiger partial charge in [-0.25, -0.2) is 8.42 Å². The summed E-state index contributed by atoms with van der Waals surface area (Å²) in [6.07, 6.45) is 1.35. The zero-order chi connectivity index (χ0) is 13.2. The van der Waals surface area contributed by atoms with Crippen LogP contribution in [0, 0.1) is 0 Å². The zero-order valence-electron chi connectivity index (χ0n) is 11.3. The normalized spacial score (nSPS) is 36.9. The number of rotatable bonds is 4. The predicted octanol–water partition coefficient (Wildman–Crippen LogP) is -0.128. The van der Waals surface area contributed by atoms with Crippen LogP contribution in [0.1, 0.15) is 20.3 Å². The van der Waals surface area contributed by atoms with E-state index in [9.17, 15) is 8.42 Å². The molecule has 0 spiro atoms. The Labute approximate surface area is 110 Å². The van der Waals surface area contributed by atoms with Crippen molar-refractivity contribution >= 4 is 9.84 Å². The van der Waals surface area contributed by atoms with E-state index in [0.29, 0.717) is 23.7 Å². The summed E-state index contributed by atoms with van der Waals surface area (Å²) < 4.78 is 28.3. The fourth-order valence-electron chi connectivity index (χ4n) is 2.85. The van der Waals surface area contributed by atoms with Crippen LogP contribution in [-0.2, 0) is 14.6 Å². The van der Waals surface area contributed by atoms with Gasteiger partial charge in [-0.1, -0.05) is 0 Å². The second-order valence-corrected chi connectivity index (χ2v) is 7.80. The van der Waals surface area contributed by atoms with Crippen LogP contribution in [0.4, 0.5) is 0 Å². The standard InChI is InChI=1S/C12H24N2O3S/c1-10-7-14(8-11(2)17-10)5-4-13-12-3-6-18(15,16)9-12/h10-13H,3-9H2,1-2H3. The lowest BCUT2D eigenvalue weighted by molar-refractivity contribution is -0.0675. The van der Waals surface area contributed by atoms with Crippen LogP contribution in [0.5, 0.6) is 0 Å². The van der Waals surface area contributed by atoms with Gasteiger partial charge in [0, 0.05) is 32.2 Å². The first-order valence-electron chi connectivity index (χ1n) is 6.76. The third kappa shape index (κ3) is 4.19. The van der Waals surface area contributed by atoms with E-state index in [-0.39, 0.29) is 6.04 Å². The topological polar surface area (TPSA) is 58.6 Å². The lowest BCUT2D eigenvalue weighted by Gasteiger charge is -2.35. The molecule has 2 saturated heterocycles. The van der Waals surface area contributed by atoms with Crippen molar-refractivity contribution < 1.29 is 13.2 Å². The highest BCUT2D eigenvalue weighted by Gasteiger charge is 2.27. The number of ether oxygens (including phenoxy) is 1. The number of hydrogen-bond acceptors (Lipinski definition) is 5. The molecule has 1 N–H and O–H groups in total. The van der Waals surface area contributed by atoms with Crippen LogP contribution >= 0.6 is 0 Å². The fraction of sp³-hybridized carbons (Fsp3) is 1.00. The maximum atomic E-state index is 11.3. The first kappa shape index (κ1) is 14.2. The van der Waals surface area contributed by atoms with Gasteiger partial charge in [-0.05, 0) is 20.3 Å². The minimum absolute atomic E-state index is 0.158. The zero-order valence-corrected chi connectivity index (χ0v) is 12.1. The molecule has 0 aliphatic carbocycles. The molecule has 2 rings (SSSR count). The van der Waals surface area contributed by atoms with Crippen LogP contribution in [0.2, 0.25) is 0 Å². The largest absolute Gasteiger partial charge is 0.373 e. The Hall–Kier alpha value is -0.170. The van der Waals surface area contributed by atoms with Crippen molar-refractivity contribution in [2.75, 3.05) is 37.7 Å². The molecular formula is C12H24N2O3S. The van der Waals surface area contributed by atoms with Gasteiger partial charge in [0.05, 0.1) is 23.7 Å². The number of nitrogens with one attached hydrogen (secondary N) is 1. The van der Waals surface area contributed by atoms with Crippen LogP contribution in [0.15, 0.2) is 0 Å². The third-order valence-electron chi connectivity index (χ3n) is 3.59. The van der Waals surface area contributed by atoms with Crippen molar-refractivity contribution in [3.63, 3.8) is 0 Å². The highest BCUT2D eigenvalue weighted by atomic mass is 32.2. The van der Waals surface area contributed by atoms with E-state index in [1.54, 1.807) is 0 Å². The Morgan fingerprint density at radius 1 is 1.28 bits per heavy atom. The van der Waals surface area contributed by atoms with Gasteiger partial charge in [0.2, 0.25) is 0 Å². The average Bonchev–Trinajstić information content (AvgIpc) is 2.57. The molecule has 2 fully saturated rings. The van der Waals surface area contributed by atoms with Gasteiger partial charge < -0.3 is 10.1 Å². The van der Waals surface area contributed by atoms with E-state index in [2.05, 4.69) is 24.1 Å². The van der Waals surface area contributed by atoms with Crippen molar-refractivity contribution in [1.82, 2.24) is 10.2 Å². The van der Waals surface area contributed by atoms with Gasteiger partial charge in [0.25, 0.3) is 0 Å². The van der Waals surface area contributed by atoms with Crippen molar-refractivity contribution in [3.05, 3.63) is 0 Å². The van der Waals surface area contributed by atoms with Gasteiger partial charge in [0.15, 0.2) is 9.84 Å². The van der Waals surface area contributed by atoms with E-state index in [1.807, 2.05) is 0 Å². The Kier molecular flexibility index (Phi) is 4.64. The molecule has 0 aromatic rings. The van der Waals surface area contributed by atoms with Gasteiger partial charge >= 0.3 is 0 Å². The third-order valence-corrected chi connectivity index (χ3v) is 5.36. The summed E-state index contributed by atoms with van der Waals surface area (Å²) in [6, 6.07) is 0.158. The van der Waals surface area contributed by atoms with Gasteiger partial charge in [0.1, 0.15) is 0 Å². The van der Waals surface area contributed by atoms with Crippen molar-refractivity contribution in [2.24, 2.45) is 0 Å². The Morgan fingerprint density at radius 2 is 1.94 bits per heavy atom. The van der Waals surface area contributed by atoms with Crippen LogP contribution in [-0.4, -0.2) is 69.3 Å². The maximum Gasteiger partial charge on any atom is 0.151 e. The highest BCUT2D eigenvalue weighted by Crippen LogP contribution is 2.12. The summed E-state index contributed by atoms with van der Waals surface area (Å²) in [5.41, 5.74) is 0. The number of hydrogen-bond donors (Lipinski definition) is 1. The molecule has 18 heavy (non-hydrogen) atoms. The van der Waals surface area contributed by atoms with Crippen LogP contribution in [0.25, 0.3) is 0 Å². The molecule has 0 amide bonds. The molecule has 0 bridgehead atoms. The van der Waals surface area contributed by atoms with Crippen molar-refractivity contribution in [2.45, 2.75) is 38.5 Å². The van der Waals surface area contributed by atoms with E-state index < -0.39 is 9.84 Å². The van der Waals surface area contributed by atoms with Gasteiger partial charge in [-0.2, -0.15) is 0 Å². The average molecular weight is 276 g/mol. The van der Waals surface area contributed by atoms with Gasteiger partial charge in [-0.15, -0.1) is 0 Å². The number of sulfone groups is 1. The lowest BCUT2D eigenvalue weighted by atomic mass is 10.2. The first-order chi connectivity index (χ1) is 8.44. The molecule has 3 atom stereocenters. The smallest absolute Gasteiger partial charge is 0.151 e. The summed E-state index contributed by atoms with van der Waals surface area (Å²) >= 11 is 0. The SMILES string of the molecule is CC1CN(CCNC2CCS(=O)(=O)C2)CC(C)O1. The van der Waals surface area contributed by atoms with E-state index >= 15 is 0 Å². The molecule has 0 saturated carbocycles. The summed E-state index contributed by atoms with van der Waals surface area (Å²) in [4.78, 5) is 2.38. The quantitative estimate of drug-likeness (QED) is 0.775. The Bertz CT molecular complexity index is 362. The van der Waals surface area contributed by atoms with Crippen LogP contribution in [0.3, 0.4) is 0 Å².